The largest absolute Gasteiger partial charge is 0.497 e. The van der Waals surface area contributed by atoms with Gasteiger partial charge in [0.15, 0.2) is 0 Å². The maximum atomic E-state index is 12.3. The summed E-state index contributed by atoms with van der Waals surface area (Å²) in [5, 5.41) is 5.19. The molecule has 1 fully saturated rings. The van der Waals surface area contributed by atoms with E-state index in [2.05, 4.69) is 11.4 Å². The minimum absolute atomic E-state index is 0.0864. The summed E-state index contributed by atoms with van der Waals surface area (Å²) in [6.07, 6.45) is 1.71. The Balaban J connectivity index is 1.61. The number of carbonyl (C=O) groups is 1. The molecule has 1 atom stereocenters. The van der Waals surface area contributed by atoms with E-state index in [-0.39, 0.29) is 11.8 Å². The second-order valence-corrected chi connectivity index (χ2v) is 6.24. The molecule has 24 heavy (non-hydrogen) atoms. The molecule has 128 valence electrons. The number of benzene rings is 2. The zero-order valence-corrected chi connectivity index (χ0v) is 14.0. The summed E-state index contributed by atoms with van der Waals surface area (Å²) < 4.78 is 10.6. The quantitative estimate of drug-likeness (QED) is 0.883. The molecule has 2 aromatic rings. The van der Waals surface area contributed by atoms with Gasteiger partial charge in [0.05, 0.1) is 13.2 Å². The fourth-order valence-corrected chi connectivity index (χ4v) is 3.11. The van der Waals surface area contributed by atoms with Crippen LogP contribution in [0.15, 0.2) is 36.4 Å². The van der Waals surface area contributed by atoms with E-state index in [1.54, 1.807) is 7.11 Å². The van der Waals surface area contributed by atoms with Crippen LogP contribution in [0.5, 0.6) is 5.75 Å². The molecule has 1 saturated heterocycles. The van der Waals surface area contributed by atoms with Crippen LogP contribution in [-0.2, 0) is 16.1 Å². The molecule has 1 unspecified atom stereocenters. The topological polar surface area (TPSA) is 73.6 Å². The van der Waals surface area contributed by atoms with E-state index >= 15 is 0 Å². The molecule has 0 spiro atoms. The van der Waals surface area contributed by atoms with Crippen LogP contribution in [0.2, 0.25) is 0 Å². The van der Waals surface area contributed by atoms with E-state index in [0.717, 1.165) is 34.9 Å². The van der Waals surface area contributed by atoms with Gasteiger partial charge in [-0.1, -0.05) is 18.2 Å². The maximum absolute atomic E-state index is 12.3. The van der Waals surface area contributed by atoms with Gasteiger partial charge in [-0.3, -0.25) is 4.79 Å². The minimum atomic E-state index is -0.460. The lowest BCUT2D eigenvalue weighted by atomic mass is 9.92. The summed E-state index contributed by atoms with van der Waals surface area (Å²) in [7, 11) is 1.66. The number of carbonyl (C=O) groups excluding carboxylic acids is 1. The van der Waals surface area contributed by atoms with Crippen molar-refractivity contribution < 1.29 is 14.3 Å². The molecule has 3 rings (SSSR count). The first kappa shape index (κ1) is 16.7. The SMILES string of the molecule is COc1ccc2cc(CNC(=O)C(N)C3CCOCC3)ccc2c1. The average Bonchev–Trinajstić information content (AvgIpc) is 2.65. The summed E-state index contributed by atoms with van der Waals surface area (Å²) in [6, 6.07) is 11.6. The molecular weight excluding hydrogens is 304 g/mol. The zero-order chi connectivity index (χ0) is 16.9. The van der Waals surface area contributed by atoms with Crippen molar-refractivity contribution in [2.75, 3.05) is 20.3 Å². The van der Waals surface area contributed by atoms with Crippen LogP contribution in [0, 0.1) is 5.92 Å². The highest BCUT2D eigenvalue weighted by molar-refractivity contribution is 5.85. The van der Waals surface area contributed by atoms with Gasteiger partial charge in [-0.15, -0.1) is 0 Å². The van der Waals surface area contributed by atoms with Gasteiger partial charge in [0.25, 0.3) is 0 Å². The van der Waals surface area contributed by atoms with Crippen LogP contribution in [0.1, 0.15) is 18.4 Å². The van der Waals surface area contributed by atoms with Gasteiger partial charge < -0.3 is 20.5 Å². The molecule has 5 heteroatoms. The summed E-state index contributed by atoms with van der Waals surface area (Å²) in [6.45, 7) is 1.87. The standard InChI is InChI=1S/C19H24N2O3/c1-23-17-5-4-15-10-13(2-3-16(15)11-17)12-21-19(22)18(20)14-6-8-24-9-7-14/h2-5,10-11,14,18H,6-9,12,20H2,1H3,(H,21,22). The number of hydrogen-bond acceptors (Lipinski definition) is 4. The second-order valence-electron chi connectivity index (χ2n) is 6.24. The van der Waals surface area contributed by atoms with Crippen LogP contribution in [0.25, 0.3) is 10.8 Å². The second kappa shape index (κ2) is 7.64. The Kier molecular flexibility index (Phi) is 5.33. The molecule has 5 nitrogen and oxygen atoms in total. The van der Waals surface area contributed by atoms with Crippen molar-refractivity contribution in [2.45, 2.75) is 25.4 Å². The Morgan fingerprint density at radius 1 is 1.25 bits per heavy atom. The highest BCUT2D eigenvalue weighted by Crippen LogP contribution is 2.22. The molecule has 1 aliphatic heterocycles. The molecule has 0 bridgehead atoms. The van der Waals surface area contributed by atoms with Crippen LogP contribution >= 0.6 is 0 Å². The lowest BCUT2D eigenvalue weighted by Crippen LogP contribution is -2.46. The van der Waals surface area contributed by atoms with E-state index in [9.17, 15) is 4.79 Å². The molecule has 0 aromatic heterocycles. The molecular formula is C19H24N2O3. The van der Waals surface area contributed by atoms with Gasteiger partial charge in [-0.05, 0) is 53.3 Å². The molecule has 1 amide bonds. The van der Waals surface area contributed by atoms with E-state index in [1.165, 1.54) is 0 Å². The predicted molar refractivity (Wildman–Crippen MR) is 93.9 cm³/mol. The van der Waals surface area contributed by atoms with Gasteiger partial charge in [0.2, 0.25) is 5.91 Å². The van der Waals surface area contributed by atoms with Crippen LogP contribution in [0.4, 0.5) is 0 Å². The number of methoxy groups -OCH3 is 1. The van der Waals surface area contributed by atoms with Crippen molar-refractivity contribution in [3.05, 3.63) is 42.0 Å². The van der Waals surface area contributed by atoms with Crippen molar-refractivity contribution in [3.63, 3.8) is 0 Å². The van der Waals surface area contributed by atoms with Gasteiger partial charge in [-0.25, -0.2) is 0 Å². The summed E-state index contributed by atoms with van der Waals surface area (Å²) in [4.78, 5) is 12.3. The molecule has 1 aliphatic rings. The molecule has 2 aromatic carbocycles. The van der Waals surface area contributed by atoms with E-state index in [4.69, 9.17) is 15.2 Å². The van der Waals surface area contributed by atoms with Crippen LogP contribution < -0.4 is 15.8 Å². The Morgan fingerprint density at radius 2 is 1.96 bits per heavy atom. The highest BCUT2D eigenvalue weighted by atomic mass is 16.5. The van der Waals surface area contributed by atoms with Crippen molar-refractivity contribution in [2.24, 2.45) is 11.7 Å². The molecule has 1 heterocycles. The first-order chi connectivity index (χ1) is 11.7. The van der Waals surface area contributed by atoms with Crippen molar-refractivity contribution in [3.8, 4) is 5.75 Å². The Labute approximate surface area is 142 Å². The molecule has 0 saturated carbocycles. The lowest BCUT2D eigenvalue weighted by molar-refractivity contribution is -0.124. The van der Waals surface area contributed by atoms with E-state index in [0.29, 0.717) is 19.8 Å². The number of nitrogens with one attached hydrogen (secondary N) is 1. The number of amides is 1. The number of rotatable bonds is 5. The molecule has 0 radical (unpaired) electrons. The van der Waals surface area contributed by atoms with E-state index < -0.39 is 6.04 Å². The van der Waals surface area contributed by atoms with Crippen molar-refractivity contribution in [1.29, 1.82) is 0 Å². The molecule has 0 aliphatic carbocycles. The van der Waals surface area contributed by atoms with Crippen LogP contribution in [0.3, 0.4) is 0 Å². The van der Waals surface area contributed by atoms with Gasteiger partial charge in [-0.2, -0.15) is 0 Å². The monoisotopic (exact) mass is 328 g/mol. The number of nitrogens with two attached hydrogens (primary N) is 1. The van der Waals surface area contributed by atoms with Gasteiger partial charge in [0, 0.05) is 19.8 Å². The maximum Gasteiger partial charge on any atom is 0.237 e. The van der Waals surface area contributed by atoms with Gasteiger partial charge in [0.1, 0.15) is 5.75 Å². The first-order valence-electron chi connectivity index (χ1n) is 8.35. The fraction of sp³-hybridized carbons (Fsp3) is 0.421. The summed E-state index contributed by atoms with van der Waals surface area (Å²) in [5.41, 5.74) is 7.15. The lowest BCUT2D eigenvalue weighted by Gasteiger charge is -2.26. The molecule has 3 N–H and O–H groups in total. The number of fused-ring (bicyclic) bond motifs is 1. The number of hydrogen-bond donors (Lipinski definition) is 2. The van der Waals surface area contributed by atoms with Crippen LogP contribution in [-0.4, -0.2) is 32.3 Å². The third kappa shape index (κ3) is 3.86. The Bertz CT molecular complexity index is 711. The summed E-state index contributed by atoms with van der Waals surface area (Å²) in [5.74, 6) is 0.963. The third-order valence-electron chi connectivity index (χ3n) is 4.66. The first-order valence-corrected chi connectivity index (χ1v) is 8.35. The van der Waals surface area contributed by atoms with Crippen molar-refractivity contribution >= 4 is 16.7 Å². The Hall–Kier alpha value is -2.11. The predicted octanol–water partition coefficient (Wildman–Crippen LogP) is 2.22. The smallest absolute Gasteiger partial charge is 0.237 e. The average molecular weight is 328 g/mol. The normalized spacial score (nSPS) is 16.8. The van der Waals surface area contributed by atoms with Gasteiger partial charge >= 0.3 is 0 Å². The third-order valence-corrected chi connectivity index (χ3v) is 4.66. The zero-order valence-electron chi connectivity index (χ0n) is 14.0. The minimum Gasteiger partial charge on any atom is -0.497 e. The fourth-order valence-electron chi connectivity index (χ4n) is 3.11. The number of ether oxygens (including phenoxy) is 2. The van der Waals surface area contributed by atoms with Crippen molar-refractivity contribution in [1.82, 2.24) is 5.32 Å². The Morgan fingerprint density at radius 3 is 2.71 bits per heavy atom. The summed E-state index contributed by atoms with van der Waals surface area (Å²) >= 11 is 0. The van der Waals surface area contributed by atoms with E-state index in [1.807, 2.05) is 30.3 Å². The highest BCUT2D eigenvalue weighted by Gasteiger charge is 2.26.